The van der Waals surface area contributed by atoms with Crippen molar-refractivity contribution in [2.24, 2.45) is 4.99 Å². The molecule has 3 N–H and O–H groups in total. The van der Waals surface area contributed by atoms with Crippen molar-refractivity contribution in [1.82, 2.24) is 16.0 Å². The molecule has 134 valence electrons. The average molecular weight is 375 g/mol. The van der Waals surface area contributed by atoms with Gasteiger partial charge in [-0.3, -0.25) is 9.79 Å². The highest BCUT2D eigenvalue weighted by Gasteiger charge is 2.07. The van der Waals surface area contributed by atoms with Crippen LogP contribution in [-0.2, 0) is 4.74 Å². The second kappa shape index (κ2) is 11.9. The number of nitrogens with zero attached hydrogens (tertiary/aromatic N) is 1. The number of hydrogen-bond acceptors (Lipinski definition) is 3. The van der Waals surface area contributed by atoms with Crippen molar-refractivity contribution in [3.05, 3.63) is 33.8 Å². The number of benzene rings is 1. The molecule has 1 rings (SSSR count). The van der Waals surface area contributed by atoms with Gasteiger partial charge in [-0.1, -0.05) is 23.2 Å². The third-order valence-electron chi connectivity index (χ3n) is 3.07. The average Bonchev–Trinajstić information content (AvgIpc) is 2.58. The molecular formula is C16H24Cl2N4O2. The van der Waals surface area contributed by atoms with Crippen molar-refractivity contribution in [2.75, 3.05) is 39.9 Å². The predicted octanol–water partition coefficient (Wildman–Crippen LogP) is 2.31. The van der Waals surface area contributed by atoms with Crippen molar-refractivity contribution >= 4 is 35.1 Å². The Morgan fingerprint density at radius 1 is 1.12 bits per heavy atom. The van der Waals surface area contributed by atoms with Crippen molar-refractivity contribution in [2.45, 2.75) is 13.3 Å². The minimum atomic E-state index is -0.199. The van der Waals surface area contributed by atoms with Crippen molar-refractivity contribution in [3.63, 3.8) is 0 Å². The number of rotatable bonds is 9. The first kappa shape index (κ1) is 20.5. The lowest BCUT2D eigenvalue weighted by Crippen LogP contribution is -2.42. The molecule has 1 aromatic carbocycles. The largest absolute Gasteiger partial charge is 0.382 e. The number of hydrogen-bond donors (Lipinski definition) is 3. The third kappa shape index (κ3) is 7.86. The fourth-order valence-electron chi connectivity index (χ4n) is 1.84. The van der Waals surface area contributed by atoms with E-state index >= 15 is 0 Å². The van der Waals surface area contributed by atoms with E-state index in [9.17, 15) is 4.79 Å². The smallest absolute Gasteiger partial charge is 0.251 e. The summed E-state index contributed by atoms with van der Waals surface area (Å²) >= 11 is 11.7. The molecule has 0 saturated heterocycles. The van der Waals surface area contributed by atoms with Gasteiger partial charge in [0.25, 0.3) is 5.91 Å². The SMILES string of the molecule is CCOCCCNC(=NC)NCCNC(=O)c1ccc(Cl)c(Cl)c1. The summed E-state index contributed by atoms with van der Waals surface area (Å²) < 4.78 is 5.27. The zero-order valence-electron chi connectivity index (χ0n) is 14.0. The van der Waals surface area contributed by atoms with E-state index in [0.29, 0.717) is 34.7 Å². The van der Waals surface area contributed by atoms with E-state index in [1.165, 1.54) is 0 Å². The van der Waals surface area contributed by atoms with E-state index < -0.39 is 0 Å². The molecular weight excluding hydrogens is 351 g/mol. The molecule has 0 unspecified atom stereocenters. The molecule has 0 spiro atoms. The molecule has 0 aliphatic heterocycles. The summed E-state index contributed by atoms with van der Waals surface area (Å²) in [4.78, 5) is 16.1. The zero-order chi connectivity index (χ0) is 17.8. The number of carbonyl (C=O) groups is 1. The molecule has 6 nitrogen and oxygen atoms in total. The van der Waals surface area contributed by atoms with Crippen molar-refractivity contribution in [1.29, 1.82) is 0 Å². The fourth-order valence-corrected chi connectivity index (χ4v) is 2.14. The van der Waals surface area contributed by atoms with E-state index in [-0.39, 0.29) is 5.91 Å². The maximum atomic E-state index is 12.0. The van der Waals surface area contributed by atoms with Crippen LogP contribution in [0, 0.1) is 0 Å². The van der Waals surface area contributed by atoms with Crippen LogP contribution in [0.4, 0.5) is 0 Å². The molecule has 8 heteroatoms. The Kier molecular flexibility index (Phi) is 10.2. The highest BCUT2D eigenvalue weighted by molar-refractivity contribution is 6.42. The van der Waals surface area contributed by atoms with E-state index in [1.807, 2.05) is 6.92 Å². The Balaban J connectivity index is 2.23. The predicted molar refractivity (Wildman–Crippen MR) is 99.3 cm³/mol. The molecule has 0 aliphatic rings. The van der Waals surface area contributed by atoms with Gasteiger partial charge in [0.15, 0.2) is 5.96 Å². The summed E-state index contributed by atoms with van der Waals surface area (Å²) in [5.74, 6) is 0.491. The lowest BCUT2D eigenvalue weighted by molar-refractivity contribution is 0.0954. The molecule has 0 bridgehead atoms. The molecule has 0 atom stereocenters. The standard InChI is InChI=1S/C16H24Cl2N4O2/c1-3-24-10-4-7-21-16(19-2)22-9-8-20-15(23)12-5-6-13(17)14(18)11-12/h5-6,11H,3-4,7-10H2,1-2H3,(H,20,23)(H2,19,21,22). The molecule has 1 aromatic rings. The molecule has 1 amide bonds. The Morgan fingerprint density at radius 2 is 1.83 bits per heavy atom. The number of ether oxygens (including phenoxy) is 1. The molecule has 0 saturated carbocycles. The Hall–Kier alpha value is -1.50. The monoisotopic (exact) mass is 374 g/mol. The van der Waals surface area contributed by atoms with Gasteiger partial charge < -0.3 is 20.7 Å². The van der Waals surface area contributed by atoms with Gasteiger partial charge in [0.1, 0.15) is 0 Å². The summed E-state index contributed by atoms with van der Waals surface area (Å²) in [6, 6.07) is 4.78. The van der Waals surface area contributed by atoms with E-state index in [1.54, 1.807) is 25.2 Å². The van der Waals surface area contributed by atoms with E-state index in [2.05, 4.69) is 20.9 Å². The van der Waals surface area contributed by atoms with Crippen LogP contribution >= 0.6 is 23.2 Å². The van der Waals surface area contributed by atoms with Crippen LogP contribution in [0.25, 0.3) is 0 Å². The van der Waals surface area contributed by atoms with Crippen LogP contribution in [0.3, 0.4) is 0 Å². The van der Waals surface area contributed by atoms with Crippen molar-refractivity contribution < 1.29 is 9.53 Å². The van der Waals surface area contributed by atoms with E-state index in [4.69, 9.17) is 27.9 Å². The topological polar surface area (TPSA) is 74.8 Å². The summed E-state index contributed by atoms with van der Waals surface area (Å²) in [7, 11) is 1.70. The number of nitrogens with one attached hydrogen (secondary N) is 3. The van der Waals surface area contributed by atoms with Crippen molar-refractivity contribution in [3.8, 4) is 0 Å². The highest BCUT2D eigenvalue weighted by atomic mass is 35.5. The first-order valence-electron chi connectivity index (χ1n) is 7.84. The van der Waals surface area contributed by atoms with Gasteiger partial charge in [0.05, 0.1) is 10.0 Å². The maximum absolute atomic E-state index is 12.0. The minimum absolute atomic E-state index is 0.199. The first-order valence-corrected chi connectivity index (χ1v) is 8.59. The van der Waals surface area contributed by atoms with Gasteiger partial charge in [-0.05, 0) is 31.5 Å². The minimum Gasteiger partial charge on any atom is -0.382 e. The van der Waals surface area contributed by atoms with Gasteiger partial charge in [-0.15, -0.1) is 0 Å². The van der Waals surface area contributed by atoms with Crippen LogP contribution < -0.4 is 16.0 Å². The Labute approximate surface area is 153 Å². The fraction of sp³-hybridized carbons (Fsp3) is 0.500. The van der Waals surface area contributed by atoms with E-state index in [0.717, 1.165) is 26.2 Å². The van der Waals surface area contributed by atoms with Gasteiger partial charge in [-0.25, -0.2) is 0 Å². The van der Waals surface area contributed by atoms with Gasteiger partial charge in [0.2, 0.25) is 0 Å². The number of carbonyl (C=O) groups excluding carboxylic acids is 1. The molecule has 24 heavy (non-hydrogen) atoms. The summed E-state index contributed by atoms with van der Waals surface area (Å²) in [6.45, 7) is 5.21. The molecule has 0 fully saturated rings. The molecule has 0 heterocycles. The summed E-state index contributed by atoms with van der Waals surface area (Å²) in [5, 5.41) is 9.89. The Morgan fingerprint density at radius 3 is 2.50 bits per heavy atom. The lowest BCUT2D eigenvalue weighted by atomic mass is 10.2. The van der Waals surface area contributed by atoms with Gasteiger partial charge in [-0.2, -0.15) is 0 Å². The second-order valence-electron chi connectivity index (χ2n) is 4.86. The zero-order valence-corrected chi connectivity index (χ0v) is 15.5. The molecule has 0 aliphatic carbocycles. The number of halogens is 2. The van der Waals surface area contributed by atoms with Crippen LogP contribution in [0.1, 0.15) is 23.7 Å². The number of aliphatic imine (C=N–C) groups is 1. The maximum Gasteiger partial charge on any atom is 0.251 e. The van der Waals surface area contributed by atoms with Crippen LogP contribution in [0.2, 0.25) is 10.0 Å². The summed E-state index contributed by atoms with van der Waals surface area (Å²) in [6.07, 6.45) is 0.905. The molecule has 0 aromatic heterocycles. The van der Waals surface area contributed by atoms with Crippen LogP contribution in [0.5, 0.6) is 0 Å². The van der Waals surface area contributed by atoms with Crippen LogP contribution in [0.15, 0.2) is 23.2 Å². The normalized spacial score (nSPS) is 11.2. The Bertz CT molecular complexity index is 553. The highest BCUT2D eigenvalue weighted by Crippen LogP contribution is 2.22. The lowest BCUT2D eigenvalue weighted by Gasteiger charge is -2.12. The van der Waals surface area contributed by atoms with Gasteiger partial charge in [0, 0.05) is 45.5 Å². The first-order chi connectivity index (χ1) is 11.6. The quantitative estimate of drug-likeness (QED) is 0.352. The summed E-state index contributed by atoms with van der Waals surface area (Å²) in [5.41, 5.74) is 0.475. The number of guanidine groups is 1. The number of amides is 1. The molecule has 0 radical (unpaired) electrons. The van der Waals surface area contributed by atoms with Crippen LogP contribution in [-0.4, -0.2) is 51.8 Å². The third-order valence-corrected chi connectivity index (χ3v) is 3.81. The van der Waals surface area contributed by atoms with Gasteiger partial charge >= 0.3 is 0 Å². The second-order valence-corrected chi connectivity index (χ2v) is 5.68.